The van der Waals surface area contributed by atoms with Crippen LogP contribution in [0.2, 0.25) is 0 Å². The molecule has 0 aromatic heterocycles. The van der Waals surface area contributed by atoms with Crippen LogP contribution in [0.1, 0.15) is 22.3 Å². The van der Waals surface area contributed by atoms with E-state index in [1.54, 1.807) is 60.7 Å². The van der Waals surface area contributed by atoms with Crippen LogP contribution < -0.4 is 14.4 Å². The van der Waals surface area contributed by atoms with E-state index in [9.17, 15) is 18.2 Å². The van der Waals surface area contributed by atoms with E-state index in [0.29, 0.717) is 42.2 Å². The fourth-order valence-corrected chi connectivity index (χ4v) is 7.64. The van der Waals surface area contributed by atoms with Gasteiger partial charge in [0.05, 0.1) is 24.0 Å². The van der Waals surface area contributed by atoms with Crippen LogP contribution in [-0.2, 0) is 13.6 Å². The van der Waals surface area contributed by atoms with Gasteiger partial charge < -0.3 is 23.4 Å². The zero-order chi connectivity index (χ0) is 28.7. The van der Waals surface area contributed by atoms with Gasteiger partial charge in [0.15, 0.2) is 0 Å². The molecule has 2 aliphatic heterocycles. The van der Waals surface area contributed by atoms with Gasteiger partial charge in [0.25, 0.3) is 0 Å². The summed E-state index contributed by atoms with van der Waals surface area (Å²) in [6.45, 7) is 0. The van der Waals surface area contributed by atoms with Crippen molar-refractivity contribution in [3.05, 3.63) is 107 Å². The van der Waals surface area contributed by atoms with Gasteiger partial charge in [0.2, 0.25) is 0 Å². The number of benzene rings is 4. The number of phosphoric acid groups is 1. The van der Waals surface area contributed by atoms with Crippen LogP contribution in [0.25, 0.3) is 23.7 Å². The van der Waals surface area contributed by atoms with Crippen LogP contribution in [0, 0.1) is 11.6 Å². The molecule has 0 bridgehead atoms. The molecule has 2 heterocycles. The summed E-state index contributed by atoms with van der Waals surface area (Å²) >= 11 is 2.45. The second-order valence-corrected chi connectivity index (χ2v) is 12.2. The zero-order valence-electron chi connectivity index (χ0n) is 21.6. The van der Waals surface area contributed by atoms with Crippen molar-refractivity contribution < 1.29 is 36.8 Å². The normalized spacial score (nSPS) is 13.7. The minimum atomic E-state index is -5.21. The van der Waals surface area contributed by atoms with Gasteiger partial charge in [-0.25, -0.2) is 13.3 Å². The molecule has 6 nitrogen and oxygen atoms in total. The molecule has 208 valence electrons. The van der Waals surface area contributed by atoms with Crippen LogP contribution in [0.15, 0.2) is 92.4 Å². The Balaban J connectivity index is 1.45. The van der Waals surface area contributed by atoms with Crippen molar-refractivity contribution in [3.63, 3.8) is 0 Å². The second-order valence-electron chi connectivity index (χ2n) is 8.83. The SMILES string of the molecule is COc1cccc2c1Sc1cccc(F)c1C=C2OP(=O)([O-])OC1=Cc2c(F)cccc2Sc2c(OC)cccc21. The molecule has 6 rings (SSSR count). The zero-order valence-corrected chi connectivity index (χ0v) is 24.1. The molecule has 41 heavy (non-hydrogen) atoms. The average Bonchev–Trinajstić information content (AvgIpc) is 3.21. The summed E-state index contributed by atoms with van der Waals surface area (Å²) in [6.07, 6.45) is 2.64. The molecular formula is C30H20F2O6PS2-. The standard InChI is InChI=1S/C30H21F2O6PS2/c1-35-23-11-3-7-17-25(15-19-21(31)9-5-13-27(19)40-29(17)23)37-39(33,34)38-26-16-20-22(32)10-6-14-28(20)41-30-18(26)8-4-12-24(30)36-2/h3-16H,1-2H3,(H,33,34)/p-1. The number of hydrogen-bond donors (Lipinski definition) is 0. The summed E-state index contributed by atoms with van der Waals surface area (Å²) in [7, 11) is -2.24. The van der Waals surface area contributed by atoms with Crippen molar-refractivity contribution in [2.45, 2.75) is 19.6 Å². The van der Waals surface area contributed by atoms with E-state index in [2.05, 4.69) is 0 Å². The summed E-state index contributed by atoms with van der Waals surface area (Å²) in [4.78, 5) is 15.7. The van der Waals surface area contributed by atoms with E-state index in [4.69, 9.17) is 18.5 Å². The van der Waals surface area contributed by atoms with Crippen LogP contribution in [0.5, 0.6) is 11.5 Å². The lowest BCUT2D eigenvalue weighted by molar-refractivity contribution is -0.213. The fourth-order valence-electron chi connectivity index (χ4n) is 4.49. The molecule has 0 N–H and O–H groups in total. The van der Waals surface area contributed by atoms with Crippen molar-refractivity contribution in [2.75, 3.05) is 14.2 Å². The predicted molar refractivity (Wildman–Crippen MR) is 153 cm³/mol. The predicted octanol–water partition coefficient (Wildman–Crippen LogP) is 8.11. The van der Waals surface area contributed by atoms with Gasteiger partial charge in [-0.2, -0.15) is 0 Å². The molecule has 2 aliphatic rings. The van der Waals surface area contributed by atoms with Crippen LogP contribution in [0.4, 0.5) is 8.78 Å². The monoisotopic (exact) mass is 609 g/mol. The molecule has 0 unspecified atom stereocenters. The van der Waals surface area contributed by atoms with Gasteiger partial charge in [0.1, 0.15) is 34.7 Å². The van der Waals surface area contributed by atoms with E-state index >= 15 is 0 Å². The molecule has 0 saturated heterocycles. The van der Waals surface area contributed by atoms with Crippen LogP contribution in [0.3, 0.4) is 0 Å². The quantitative estimate of drug-likeness (QED) is 0.203. The Morgan fingerprint density at radius 1 is 0.659 bits per heavy atom. The third-order valence-corrected chi connectivity index (χ3v) is 9.59. The Morgan fingerprint density at radius 3 is 1.49 bits per heavy atom. The first-order valence-corrected chi connectivity index (χ1v) is 15.3. The maximum Gasteiger partial charge on any atom is 0.372 e. The largest absolute Gasteiger partial charge is 0.736 e. The second kappa shape index (κ2) is 10.9. The lowest BCUT2D eigenvalue weighted by atomic mass is 10.1. The van der Waals surface area contributed by atoms with Crippen molar-refractivity contribution in [2.24, 2.45) is 0 Å². The highest BCUT2D eigenvalue weighted by Gasteiger charge is 2.29. The Hall–Kier alpha value is -3.69. The molecule has 0 spiro atoms. The number of phosphoric ester groups is 1. The molecule has 0 aliphatic carbocycles. The summed E-state index contributed by atoms with van der Waals surface area (Å²) in [6, 6.07) is 19.2. The maximum absolute atomic E-state index is 14.9. The van der Waals surface area contributed by atoms with Crippen molar-refractivity contribution in [1.82, 2.24) is 0 Å². The number of fused-ring (bicyclic) bond motifs is 4. The minimum absolute atomic E-state index is 0.155. The van der Waals surface area contributed by atoms with Gasteiger partial charge in [-0.05, 0) is 60.7 Å². The molecular weight excluding hydrogens is 589 g/mol. The lowest BCUT2D eigenvalue weighted by Crippen LogP contribution is -2.08. The highest BCUT2D eigenvalue weighted by atomic mass is 32.2. The van der Waals surface area contributed by atoms with Crippen LogP contribution >= 0.6 is 31.3 Å². The lowest BCUT2D eigenvalue weighted by Gasteiger charge is -2.27. The molecule has 4 aromatic rings. The number of rotatable bonds is 6. The fraction of sp³-hybridized carbons (Fsp3) is 0.0667. The first-order valence-electron chi connectivity index (χ1n) is 12.2. The van der Waals surface area contributed by atoms with E-state index in [0.717, 1.165) is 0 Å². The van der Waals surface area contributed by atoms with Gasteiger partial charge in [0, 0.05) is 32.0 Å². The van der Waals surface area contributed by atoms with Crippen molar-refractivity contribution in [1.29, 1.82) is 0 Å². The van der Waals surface area contributed by atoms with E-state index in [1.807, 2.05) is 0 Å². The Labute approximate surface area is 243 Å². The third kappa shape index (κ3) is 5.24. The molecule has 11 heteroatoms. The van der Waals surface area contributed by atoms with E-state index in [1.165, 1.54) is 62.0 Å². The summed E-state index contributed by atoms with van der Waals surface area (Å²) < 4.78 is 65.5. The van der Waals surface area contributed by atoms with Gasteiger partial charge >= 0.3 is 7.82 Å². The van der Waals surface area contributed by atoms with E-state index in [-0.39, 0.29) is 22.6 Å². The smallest absolute Gasteiger partial charge is 0.372 e. The first-order chi connectivity index (χ1) is 19.8. The molecule has 0 radical (unpaired) electrons. The number of ether oxygens (including phenoxy) is 2. The molecule has 0 saturated carbocycles. The number of halogens is 2. The Kier molecular flexibility index (Phi) is 7.34. The number of methoxy groups -OCH3 is 2. The maximum atomic E-state index is 14.9. The van der Waals surface area contributed by atoms with Gasteiger partial charge in [-0.3, -0.25) is 0 Å². The highest BCUT2D eigenvalue weighted by Crippen LogP contribution is 2.55. The van der Waals surface area contributed by atoms with Crippen molar-refractivity contribution >= 4 is 55.0 Å². The van der Waals surface area contributed by atoms with Crippen LogP contribution in [-0.4, -0.2) is 14.2 Å². The Morgan fingerprint density at radius 2 is 1.07 bits per heavy atom. The molecule has 0 atom stereocenters. The molecule has 0 amide bonds. The first kappa shape index (κ1) is 27.5. The van der Waals surface area contributed by atoms with Gasteiger partial charge in [-0.15, -0.1) is 0 Å². The minimum Gasteiger partial charge on any atom is -0.736 e. The average molecular weight is 610 g/mol. The molecule has 4 aromatic carbocycles. The highest BCUT2D eigenvalue weighted by molar-refractivity contribution is 8.00. The summed E-state index contributed by atoms with van der Waals surface area (Å²) in [5.41, 5.74) is 1.05. The third-order valence-electron chi connectivity index (χ3n) is 6.35. The molecule has 0 fully saturated rings. The number of hydrogen-bond acceptors (Lipinski definition) is 8. The summed E-state index contributed by atoms with van der Waals surface area (Å²) in [5.74, 6) is -0.513. The van der Waals surface area contributed by atoms with Gasteiger partial charge in [-0.1, -0.05) is 47.8 Å². The topological polar surface area (TPSA) is 77.1 Å². The van der Waals surface area contributed by atoms with E-state index < -0.39 is 19.5 Å². The van der Waals surface area contributed by atoms with Crippen molar-refractivity contribution in [3.8, 4) is 11.5 Å². The summed E-state index contributed by atoms with van der Waals surface area (Å²) in [5, 5.41) is 0. The Bertz CT molecular complexity index is 1680.